The molecule has 4 nitrogen and oxygen atoms in total. The van der Waals surface area contributed by atoms with Crippen molar-refractivity contribution in [1.29, 1.82) is 0 Å². The molecule has 0 bridgehead atoms. The fourth-order valence-corrected chi connectivity index (χ4v) is 1.89. The molecule has 0 fully saturated rings. The van der Waals surface area contributed by atoms with E-state index in [0.717, 1.165) is 11.4 Å². The summed E-state index contributed by atoms with van der Waals surface area (Å²) in [4.78, 5) is 2.18. The van der Waals surface area contributed by atoms with Gasteiger partial charge in [0, 0.05) is 25.3 Å². The Bertz CT molecular complexity index is 367. The normalized spacial score (nSPS) is 24.6. The van der Waals surface area contributed by atoms with Gasteiger partial charge in [0.25, 0.3) is 0 Å². The van der Waals surface area contributed by atoms with Crippen molar-refractivity contribution in [3.8, 4) is 5.75 Å². The lowest BCUT2D eigenvalue weighted by atomic mass is 10.1. The molecule has 1 aromatic rings. The Kier molecular flexibility index (Phi) is 2.44. The second-order valence-electron chi connectivity index (χ2n) is 3.97. The molecule has 0 radical (unpaired) electrons. The highest BCUT2D eigenvalue weighted by Crippen LogP contribution is 2.36. The van der Waals surface area contributed by atoms with E-state index in [0.29, 0.717) is 12.2 Å². The molecule has 1 aliphatic rings. The van der Waals surface area contributed by atoms with Gasteiger partial charge in [-0.05, 0) is 19.1 Å². The highest BCUT2D eigenvalue weighted by atomic mass is 16.5. The molecule has 0 saturated carbocycles. The van der Waals surface area contributed by atoms with E-state index in [2.05, 4.69) is 11.8 Å². The number of ether oxygens (including phenoxy) is 1. The first kappa shape index (κ1) is 10.1. The molecule has 0 saturated heterocycles. The van der Waals surface area contributed by atoms with Crippen molar-refractivity contribution in [3.63, 3.8) is 0 Å². The standard InChI is InChI=1S/C11H17N3O/c1-7-11(6-12)15-10-5-8(13)3-4-9(10)14(7)2/h3-5,7,11H,6,12-13H2,1-2H3. The number of benzene rings is 1. The zero-order valence-corrected chi connectivity index (χ0v) is 9.10. The van der Waals surface area contributed by atoms with Gasteiger partial charge in [-0.15, -0.1) is 0 Å². The summed E-state index contributed by atoms with van der Waals surface area (Å²) in [5.41, 5.74) is 13.2. The van der Waals surface area contributed by atoms with Gasteiger partial charge in [0.1, 0.15) is 11.9 Å². The molecule has 1 aromatic carbocycles. The number of hydrogen-bond donors (Lipinski definition) is 2. The van der Waals surface area contributed by atoms with E-state index in [4.69, 9.17) is 16.2 Å². The highest BCUT2D eigenvalue weighted by Gasteiger charge is 2.29. The van der Waals surface area contributed by atoms with Crippen LogP contribution in [-0.2, 0) is 0 Å². The van der Waals surface area contributed by atoms with Gasteiger partial charge in [0.05, 0.1) is 11.7 Å². The third-order valence-corrected chi connectivity index (χ3v) is 3.02. The molecule has 15 heavy (non-hydrogen) atoms. The number of nitrogens with two attached hydrogens (primary N) is 2. The smallest absolute Gasteiger partial charge is 0.145 e. The Morgan fingerprint density at radius 3 is 2.87 bits per heavy atom. The molecule has 0 aromatic heterocycles. The van der Waals surface area contributed by atoms with Crippen LogP contribution in [0.5, 0.6) is 5.75 Å². The summed E-state index contributed by atoms with van der Waals surface area (Å²) in [5, 5.41) is 0. The fraction of sp³-hybridized carbons (Fsp3) is 0.455. The van der Waals surface area contributed by atoms with E-state index in [1.807, 2.05) is 25.2 Å². The van der Waals surface area contributed by atoms with Crippen LogP contribution in [0, 0.1) is 0 Å². The summed E-state index contributed by atoms with van der Waals surface area (Å²) in [6, 6.07) is 5.99. The fourth-order valence-electron chi connectivity index (χ4n) is 1.89. The first-order valence-electron chi connectivity index (χ1n) is 5.12. The summed E-state index contributed by atoms with van der Waals surface area (Å²) in [6.45, 7) is 2.62. The number of anilines is 2. The minimum atomic E-state index is 0.0318. The molecule has 1 aliphatic heterocycles. The molecule has 4 N–H and O–H groups in total. The second-order valence-corrected chi connectivity index (χ2v) is 3.97. The molecular weight excluding hydrogens is 190 g/mol. The minimum Gasteiger partial charge on any atom is -0.485 e. The van der Waals surface area contributed by atoms with E-state index >= 15 is 0 Å². The van der Waals surface area contributed by atoms with Crippen LogP contribution in [0.15, 0.2) is 18.2 Å². The zero-order chi connectivity index (χ0) is 11.0. The van der Waals surface area contributed by atoms with Crippen molar-refractivity contribution < 1.29 is 4.74 Å². The van der Waals surface area contributed by atoms with Crippen molar-refractivity contribution in [2.45, 2.75) is 19.1 Å². The third kappa shape index (κ3) is 1.61. The SMILES string of the molecule is CC1C(CN)Oc2cc(N)ccc2N1C. The lowest BCUT2D eigenvalue weighted by Gasteiger charge is -2.39. The van der Waals surface area contributed by atoms with Crippen molar-refractivity contribution in [2.75, 3.05) is 24.2 Å². The second kappa shape index (κ2) is 3.62. The zero-order valence-electron chi connectivity index (χ0n) is 9.10. The Morgan fingerprint density at radius 1 is 1.47 bits per heavy atom. The number of likely N-dealkylation sites (N-methyl/N-ethyl adjacent to an activating group) is 1. The van der Waals surface area contributed by atoms with Gasteiger partial charge in [0.15, 0.2) is 0 Å². The van der Waals surface area contributed by atoms with Crippen LogP contribution >= 0.6 is 0 Å². The summed E-state index contributed by atoms with van der Waals surface area (Å²) in [7, 11) is 2.05. The van der Waals surface area contributed by atoms with Gasteiger partial charge in [-0.1, -0.05) is 0 Å². The molecule has 0 aliphatic carbocycles. The summed E-state index contributed by atoms with van der Waals surface area (Å²) in [6.07, 6.45) is 0.0318. The summed E-state index contributed by atoms with van der Waals surface area (Å²) in [5.74, 6) is 0.825. The first-order valence-corrected chi connectivity index (χ1v) is 5.12. The average Bonchev–Trinajstić information content (AvgIpc) is 2.23. The van der Waals surface area contributed by atoms with Crippen molar-refractivity contribution in [3.05, 3.63) is 18.2 Å². The molecule has 1 heterocycles. The molecule has 2 atom stereocenters. The third-order valence-electron chi connectivity index (χ3n) is 3.02. The molecule has 0 amide bonds. The predicted molar refractivity (Wildman–Crippen MR) is 62.2 cm³/mol. The summed E-state index contributed by atoms with van der Waals surface area (Å²) >= 11 is 0. The van der Waals surface area contributed by atoms with E-state index in [1.165, 1.54) is 0 Å². The first-order chi connectivity index (χ1) is 7.13. The van der Waals surface area contributed by atoms with Crippen LogP contribution in [0.3, 0.4) is 0 Å². The van der Waals surface area contributed by atoms with Gasteiger partial charge in [-0.3, -0.25) is 0 Å². The quantitative estimate of drug-likeness (QED) is 0.669. The number of rotatable bonds is 1. The topological polar surface area (TPSA) is 64.5 Å². The van der Waals surface area contributed by atoms with Crippen molar-refractivity contribution in [1.82, 2.24) is 0 Å². The molecule has 4 heteroatoms. The molecule has 2 rings (SSSR count). The number of hydrogen-bond acceptors (Lipinski definition) is 4. The lowest BCUT2D eigenvalue weighted by molar-refractivity contribution is 0.168. The Balaban J connectivity index is 2.40. The predicted octanol–water partition coefficient (Wildman–Crippen LogP) is 0.813. The van der Waals surface area contributed by atoms with Crippen LogP contribution < -0.4 is 21.1 Å². The lowest BCUT2D eigenvalue weighted by Crippen LogP contribution is -2.49. The van der Waals surface area contributed by atoms with Crippen molar-refractivity contribution >= 4 is 11.4 Å². The maximum Gasteiger partial charge on any atom is 0.145 e. The van der Waals surface area contributed by atoms with Gasteiger partial charge < -0.3 is 21.1 Å². The average molecular weight is 207 g/mol. The maximum absolute atomic E-state index is 5.80. The highest BCUT2D eigenvalue weighted by molar-refractivity contribution is 5.65. The van der Waals surface area contributed by atoms with Gasteiger partial charge in [0.2, 0.25) is 0 Å². The Hall–Kier alpha value is -1.42. The number of nitrogen functional groups attached to an aromatic ring is 1. The van der Waals surface area contributed by atoms with Gasteiger partial charge >= 0.3 is 0 Å². The van der Waals surface area contributed by atoms with Gasteiger partial charge in [-0.2, -0.15) is 0 Å². The van der Waals surface area contributed by atoms with Gasteiger partial charge in [-0.25, -0.2) is 0 Å². The number of nitrogens with zero attached hydrogens (tertiary/aromatic N) is 1. The molecule has 82 valence electrons. The van der Waals surface area contributed by atoms with E-state index in [1.54, 1.807) is 0 Å². The Labute approximate surface area is 89.8 Å². The van der Waals surface area contributed by atoms with Crippen LogP contribution in [-0.4, -0.2) is 25.7 Å². The monoisotopic (exact) mass is 207 g/mol. The Morgan fingerprint density at radius 2 is 2.20 bits per heavy atom. The van der Waals surface area contributed by atoms with E-state index in [-0.39, 0.29) is 12.1 Å². The maximum atomic E-state index is 5.80. The van der Waals surface area contributed by atoms with E-state index in [9.17, 15) is 0 Å². The van der Waals surface area contributed by atoms with Crippen LogP contribution in [0.4, 0.5) is 11.4 Å². The largest absolute Gasteiger partial charge is 0.485 e. The van der Waals surface area contributed by atoms with Crippen LogP contribution in [0.25, 0.3) is 0 Å². The van der Waals surface area contributed by atoms with Crippen LogP contribution in [0.1, 0.15) is 6.92 Å². The molecule has 0 spiro atoms. The summed E-state index contributed by atoms with van der Waals surface area (Å²) < 4.78 is 5.80. The minimum absolute atomic E-state index is 0.0318. The number of fused-ring (bicyclic) bond motifs is 1. The molecular formula is C11H17N3O. The van der Waals surface area contributed by atoms with E-state index < -0.39 is 0 Å². The van der Waals surface area contributed by atoms with Crippen LogP contribution in [0.2, 0.25) is 0 Å². The molecule has 2 unspecified atom stereocenters. The van der Waals surface area contributed by atoms with Crippen molar-refractivity contribution in [2.24, 2.45) is 5.73 Å².